The van der Waals surface area contributed by atoms with Crippen molar-refractivity contribution in [2.24, 2.45) is 4.99 Å². The lowest BCUT2D eigenvalue weighted by Crippen LogP contribution is -2.37. The van der Waals surface area contributed by atoms with Gasteiger partial charge in [0.25, 0.3) is 0 Å². The van der Waals surface area contributed by atoms with Crippen LogP contribution < -0.4 is 10.6 Å². The normalized spacial score (nSPS) is 15.0. The zero-order chi connectivity index (χ0) is 14.9. The van der Waals surface area contributed by atoms with Gasteiger partial charge in [-0.3, -0.25) is 0 Å². The van der Waals surface area contributed by atoms with E-state index in [1.807, 2.05) is 0 Å². The fraction of sp³-hybridized carbons (Fsp3) is 0.667. The summed E-state index contributed by atoms with van der Waals surface area (Å²) in [5.74, 6) is 1.98. The molecule has 22 heavy (non-hydrogen) atoms. The highest BCUT2D eigenvalue weighted by Gasteiger charge is 2.05. The molecule has 0 amide bonds. The molecule has 0 fully saturated rings. The van der Waals surface area contributed by atoms with Crippen LogP contribution in [0.25, 0.3) is 0 Å². The van der Waals surface area contributed by atoms with Crippen LogP contribution in [0.15, 0.2) is 21.2 Å². The van der Waals surface area contributed by atoms with E-state index in [0.717, 1.165) is 25.5 Å². The summed E-state index contributed by atoms with van der Waals surface area (Å²) in [4.78, 5) is 8.61. The van der Waals surface area contributed by atoms with Crippen molar-refractivity contribution in [3.05, 3.63) is 23.4 Å². The lowest BCUT2D eigenvalue weighted by Gasteiger charge is -2.14. The number of nitrogens with one attached hydrogen (secondary N) is 2. The third kappa shape index (κ3) is 6.76. The van der Waals surface area contributed by atoms with Crippen molar-refractivity contribution in [1.82, 2.24) is 20.8 Å². The van der Waals surface area contributed by atoms with Crippen molar-refractivity contribution in [1.29, 1.82) is 0 Å². The topological polar surface area (TPSA) is 75.3 Å². The van der Waals surface area contributed by atoms with Gasteiger partial charge in [-0.25, -0.2) is 4.99 Å². The van der Waals surface area contributed by atoms with Gasteiger partial charge in [-0.05, 0) is 46.0 Å². The van der Waals surface area contributed by atoms with Crippen molar-refractivity contribution in [2.75, 3.05) is 13.1 Å². The van der Waals surface area contributed by atoms with E-state index in [9.17, 15) is 0 Å². The standard InChI is InChI=1S/C15H25N5O.HI/c1-3-16-15(18-11-14-19-12(2)20-21-14)17-10-9-13-7-5-4-6-8-13;/h7H,3-6,8-11H2,1-2H3,(H2,16,17,18);1H. The number of allylic oxidation sites excluding steroid dienone is 1. The average Bonchev–Trinajstić information content (AvgIpc) is 2.91. The maximum absolute atomic E-state index is 5.06. The third-order valence-electron chi connectivity index (χ3n) is 3.41. The molecular weight excluding hydrogens is 393 g/mol. The molecule has 0 radical (unpaired) electrons. The number of aryl methyl sites for hydroxylation is 1. The number of rotatable bonds is 6. The number of guanidine groups is 1. The van der Waals surface area contributed by atoms with Crippen LogP contribution in [0.5, 0.6) is 0 Å². The Kier molecular flexibility index (Phi) is 9.10. The molecule has 7 heteroatoms. The Balaban J connectivity index is 0.00000242. The van der Waals surface area contributed by atoms with Gasteiger partial charge in [-0.2, -0.15) is 4.98 Å². The zero-order valence-electron chi connectivity index (χ0n) is 13.4. The van der Waals surface area contributed by atoms with Gasteiger partial charge in [0.15, 0.2) is 11.8 Å². The molecule has 0 saturated carbocycles. The first-order valence-electron chi connectivity index (χ1n) is 7.77. The summed E-state index contributed by atoms with van der Waals surface area (Å²) in [5.41, 5.74) is 1.57. The van der Waals surface area contributed by atoms with Crippen LogP contribution in [0, 0.1) is 6.92 Å². The SMILES string of the molecule is CCNC(=NCc1nc(C)no1)NCCC1=CCCCC1.I. The number of halogens is 1. The lowest BCUT2D eigenvalue weighted by atomic mass is 9.97. The summed E-state index contributed by atoms with van der Waals surface area (Å²) in [6.07, 6.45) is 8.62. The molecule has 1 heterocycles. The molecule has 0 spiro atoms. The quantitative estimate of drug-likeness (QED) is 0.321. The van der Waals surface area contributed by atoms with Crippen LogP contribution in [0.2, 0.25) is 0 Å². The van der Waals surface area contributed by atoms with Gasteiger partial charge in [0.2, 0.25) is 5.89 Å². The van der Waals surface area contributed by atoms with Crippen molar-refractivity contribution in [2.45, 2.75) is 52.5 Å². The Morgan fingerprint density at radius 2 is 2.23 bits per heavy atom. The molecule has 0 aliphatic heterocycles. The van der Waals surface area contributed by atoms with Crippen molar-refractivity contribution >= 4 is 29.9 Å². The highest BCUT2D eigenvalue weighted by Crippen LogP contribution is 2.19. The summed E-state index contributed by atoms with van der Waals surface area (Å²) >= 11 is 0. The fourth-order valence-corrected chi connectivity index (χ4v) is 2.37. The summed E-state index contributed by atoms with van der Waals surface area (Å²) in [5, 5.41) is 10.3. The second kappa shape index (κ2) is 10.6. The maximum atomic E-state index is 5.06. The number of nitrogens with zero attached hydrogens (tertiary/aromatic N) is 3. The molecule has 1 aromatic rings. The smallest absolute Gasteiger partial charge is 0.248 e. The Hall–Kier alpha value is -1.12. The molecule has 2 rings (SSSR count). The van der Waals surface area contributed by atoms with E-state index in [1.54, 1.807) is 12.5 Å². The fourth-order valence-electron chi connectivity index (χ4n) is 2.37. The minimum Gasteiger partial charge on any atom is -0.357 e. The van der Waals surface area contributed by atoms with Gasteiger partial charge < -0.3 is 15.2 Å². The van der Waals surface area contributed by atoms with E-state index in [0.29, 0.717) is 18.3 Å². The summed E-state index contributed by atoms with van der Waals surface area (Å²) in [6, 6.07) is 0. The highest BCUT2D eigenvalue weighted by molar-refractivity contribution is 14.0. The first-order chi connectivity index (χ1) is 10.3. The largest absolute Gasteiger partial charge is 0.357 e. The van der Waals surface area contributed by atoms with E-state index in [2.05, 4.69) is 38.8 Å². The molecular formula is C15H26IN5O. The third-order valence-corrected chi connectivity index (χ3v) is 3.41. The molecule has 0 unspecified atom stereocenters. The van der Waals surface area contributed by atoms with Crippen molar-refractivity contribution in [3.63, 3.8) is 0 Å². The Labute approximate surface area is 149 Å². The van der Waals surface area contributed by atoms with Crippen molar-refractivity contribution < 1.29 is 4.52 Å². The molecule has 1 aliphatic carbocycles. The highest BCUT2D eigenvalue weighted by atomic mass is 127. The molecule has 0 aromatic carbocycles. The van der Waals surface area contributed by atoms with Crippen molar-refractivity contribution in [3.8, 4) is 0 Å². The number of hydrogen-bond acceptors (Lipinski definition) is 4. The number of aliphatic imine (C=N–C) groups is 1. The first kappa shape index (κ1) is 18.9. The molecule has 1 aromatic heterocycles. The summed E-state index contributed by atoms with van der Waals surface area (Å²) < 4.78 is 5.06. The van der Waals surface area contributed by atoms with Crippen LogP contribution in [0.1, 0.15) is 50.7 Å². The molecule has 1 aliphatic rings. The van der Waals surface area contributed by atoms with E-state index in [1.165, 1.54) is 25.7 Å². The average molecular weight is 419 g/mol. The second-order valence-corrected chi connectivity index (χ2v) is 5.22. The van der Waals surface area contributed by atoms with Crippen LogP contribution in [-0.2, 0) is 6.54 Å². The molecule has 0 atom stereocenters. The van der Waals surface area contributed by atoms with Gasteiger partial charge in [-0.15, -0.1) is 24.0 Å². The second-order valence-electron chi connectivity index (χ2n) is 5.22. The van der Waals surface area contributed by atoms with Crippen LogP contribution in [0.3, 0.4) is 0 Å². The van der Waals surface area contributed by atoms with Crippen LogP contribution in [-0.4, -0.2) is 29.2 Å². The Morgan fingerprint density at radius 3 is 2.86 bits per heavy atom. The lowest BCUT2D eigenvalue weighted by molar-refractivity contribution is 0.376. The predicted octanol–water partition coefficient (Wildman–Crippen LogP) is 2.94. The van der Waals surface area contributed by atoms with E-state index >= 15 is 0 Å². The molecule has 6 nitrogen and oxygen atoms in total. The van der Waals surface area contributed by atoms with E-state index in [-0.39, 0.29) is 24.0 Å². The van der Waals surface area contributed by atoms with Crippen LogP contribution >= 0.6 is 24.0 Å². The minimum atomic E-state index is 0. The number of aromatic nitrogens is 2. The number of hydrogen-bond donors (Lipinski definition) is 2. The maximum Gasteiger partial charge on any atom is 0.248 e. The molecule has 2 N–H and O–H groups in total. The molecule has 0 saturated heterocycles. The Morgan fingerprint density at radius 1 is 1.36 bits per heavy atom. The monoisotopic (exact) mass is 419 g/mol. The van der Waals surface area contributed by atoms with Gasteiger partial charge in [0.05, 0.1) is 0 Å². The van der Waals surface area contributed by atoms with Gasteiger partial charge in [0.1, 0.15) is 6.54 Å². The van der Waals surface area contributed by atoms with Crippen LogP contribution in [0.4, 0.5) is 0 Å². The first-order valence-corrected chi connectivity index (χ1v) is 7.77. The summed E-state index contributed by atoms with van der Waals surface area (Å²) in [7, 11) is 0. The minimum absolute atomic E-state index is 0. The Bertz CT molecular complexity index is 498. The predicted molar refractivity (Wildman–Crippen MR) is 98.4 cm³/mol. The molecule has 0 bridgehead atoms. The van der Waals surface area contributed by atoms with E-state index in [4.69, 9.17) is 4.52 Å². The molecule has 124 valence electrons. The summed E-state index contributed by atoms with van der Waals surface area (Å²) in [6.45, 7) is 5.99. The van der Waals surface area contributed by atoms with E-state index < -0.39 is 0 Å². The zero-order valence-corrected chi connectivity index (χ0v) is 15.7. The van der Waals surface area contributed by atoms with Gasteiger partial charge in [0, 0.05) is 13.1 Å². The van der Waals surface area contributed by atoms with Gasteiger partial charge in [-0.1, -0.05) is 16.8 Å². The van der Waals surface area contributed by atoms with Gasteiger partial charge >= 0.3 is 0 Å².